The van der Waals surface area contributed by atoms with Gasteiger partial charge in [-0.15, -0.1) is 0 Å². The third-order valence-corrected chi connectivity index (χ3v) is 5.40. The first kappa shape index (κ1) is 19.4. The predicted octanol–water partition coefficient (Wildman–Crippen LogP) is 5.65. The van der Waals surface area contributed by atoms with Gasteiger partial charge in [-0.25, -0.2) is 9.50 Å². The molecule has 0 aliphatic heterocycles. The molecule has 1 aromatic carbocycles. The fourth-order valence-electron chi connectivity index (χ4n) is 3.49. The highest BCUT2D eigenvalue weighted by Gasteiger charge is 2.22. The lowest BCUT2D eigenvalue weighted by Gasteiger charge is -2.19. The Balaban J connectivity index is 1.66. The summed E-state index contributed by atoms with van der Waals surface area (Å²) in [5.74, 6) is -0.000170. The Labute approximate surface area is 171 Å². The Morgan fingerprint density at radius 3 is 2.66 bits per heavy atom. The van der Waals surface area contributed by atoms with Crippen molar-refractivity contribution < 1.29 is 4.79 Å². The SMILES string of the molecule is Cc1ccc(-c2cn3nc(C4=CCCCC4)ccc3n2)cc1NC(=O)C(C)(C)C. The molecule has 0 saturated heterocycles. The molecule has 5 heteroatoms. The van der Waals surface area contributed by atoms with Crippen molar-refractivity contribution in [2.75, 3.05) is 5.32 Å². The van der Waals surface area contributed by atoms with Gasteiger partial charge in [0, 0.05) is 16.7 Å². The zero-order chi connectivity index (χ0) is 20.6. The summed E-state index contributed by atoms with van der Waals surface area (Å²) >= 11 is 0. The molecule has 1 amide bonds. The van der Waals surface area contributed by atoms with Gasteiger partial charge in [0.25, 0.3) is 0 Å². The van der Waals surface area contributed by atoms with E-state index in [1.807, 2.05) is 62.7 Å². The van der Waals surface area contributed by atoms with Crippen molar-refractivity contribution in [1.82, 2.24) is 14.6 Å². The Morgan fingerprint density at radius 2 is 1.93 bits per heavy atom. The second-order valence-electron chi connectivity index (χ2n) is 8.86. The van der Waals surface area contributed by atoms with E-state index in [1.54, 1.807) is 0 Å². The number of fused-ring (bicyclic) bond motifs is 1. The Kier molecular flexibility index (Phi) is 4.99. The van der Waals surface area contributed by atoms with Gasteiger partial charge in [-0.05, 0) is 61.9 Å². The average Bonchev–Trinajstić information content (AvgIpc) is 3.13. The molecule has 0 radical (unpaired) electrons. The quantitative estimate of drug-likeness (QED) is 0.631. The van der Waals surface area contributed by atoms with Gasteiger partial charge in [-0.3, -0.25) is 4.79 Å². The molecule has 0 bridgehead atoms. The predicted molar refractivity (Wildman–Crippen MR) is 118 cm³/mol. The fraction of sp³-hybridized carbons (Fsp3) is 0.375. The second kappa shape index (κ2) is 7.47. The maximum Gasteiger partial charge on any atom is 0.229 e. The van der Waals surface area contributed by atoms with Crippen LogP contribution in [0.5, 0.6) is 0 Å². The van der Waals surface area contributed by atoms with Gasteiger partial charge in [0.2, 0.25) is 5.91 Å². The van der Waals surface area contributed by atoms with Gasteiger partial charge < -0.3 is 5.32 Å². The molecule has 0 atom stereocenters. The van der Waals surface area contributed by atoms with E-state index in [4.69, 9.17) is 10.1 Å². The summed E-state index contributed by atoms with van der Waals surface area (Å²) < 4.78 is 1.85. The zero-order valence-corrected chi connectivity index (χ0v) is 17.6. The van der Waals surface area contributed by atoms with Crippen LogP contribution < -0.4 is 5.32 Å². The molecule has 0 spiro atoms. The molecule has 1 aliphatic rings. The lowest BCUT2D eigenvalue weighted by atomic mass is 9.95. The third-order valence-electron chi connectivity index (χ3n) is 5.40. The Bertz CT molecular complexity index is 1100. The summed E-state index contributed by atoms with van der Waals surface area (Å²) in [6.45, 7) is 7.73. The molecule has 150 valence electrons. The standard InChI is InChI=1S/C24H28N4O/c1-16-10-11-18(14-20(16)26-23(29)24(2,3)4)21-15-28-22(25-21)13-12-19(27-28)17-8-6-5-7-9-17/h8,10-15H,5-7,9H2,1-4H3,(H,26,29). The number of nitrogens with zero attached hydrogens (tertiary/aromatic N) is 3. The molecule has 0 fully saturated rings. The smallest absolute Gasteiger partial charge is 0.229 e. The molecule has 29 heavy (non-hydrogen) atoms. The van der Waals surface area contributed by atoms with Gasteiger partial charge >= 0.3 is 0 Å². The Morgan fingerprint density at radius 1 is 1.10 bits per heavy atom. The second-order valence-corrected chi connectivity index (χ2v) is 8.86. The molecule has 4 rings (SSSR count). The van der Waals surface area contributed by atoms with E-state index in [1.165, 1.54) is 18.4 Å². The minimum Gasteiger partial charge on any atom is -0.325 e. The van der Waals surface area contributed by atoms with Gasteiger partial charge in [0.15, 0.2) is 5.65 Å². The first-order valence-electron chi connectivity index (χ1n) is 10.3. The normalized spacial score (nSPS) is 14.7. The molecular formula is C24H28N4O. The minimum atomic E-state index is -0.445. The van der Waals surface area contributed by atoms with Crippen LogP contribution in [0.4, 0.5) is 5.69 Å². The lowest BCUT2D eigenvalue weighted by Crippen LogP contribution is -2.27. The molecule has 1 N–H and O–H groups in total. The van der Waals surface area contributed by atoms with Crippen molar-refractivity contribution in [3.05, 3.63) is 53.9 Å². The van der Waals surface area contributed by atoms with Crippen LogP contribution in [0.2, 0.25) is 0 Å². The minimum absolute atomic E-state index is 0.000170. The molecule has 3 aromatic rings. The maximum absolute atomic E-state index is 12.4. The van der Waals surface area contributed by atoms with Crippen LogP contribution in [-0.4, -0.2) is 20.5 Å². The topological polar surface area (TPSA) is 59.3 Å². The number of carbonyl (C=O) groups excluding carboxylic acids is 1. The molecule has 0 saturated carbocycles. The highest BCUT2D eigenvalue weighted by Crippen LogP contribution is 2.28. The number of carbonyl (C=O) groups is 1. The van der Waals surface area contributed by atoms with E-state index in [-0.39, 0.29) is 5.91 Å². The van der Waals surface area contributed by atoms with Gasteiger partial charge in [0.1, 0.15) is 0 Å². The van der Waals surface area contributed by atoms with Crippen molar-refractivity contribution >= 4 is 22.8 Å². The van der Waals surface area contributed by atoms with Crippen LogP contribution in [-0.2, 0) is 4.79 Å². The van der Waals surface area contributed by atoms with Crippen LogP contribution in [0.1, 0.15) is 57.7 Å². The highest BCUT2D eigenvalue weighted by molar-refractivity contribution is 5.95. The van der Waals surface area contributed by atoms with Crippen molar-refractivity contribution in [1.29, 1.82) is 0 Å². The van der Waals surface area contributed by atoms with Gasteiger partial charge in [-0.2, -0.15) is 5.10 Å². The fourth-order valence-corrected chi connectivity index (χ4v) is 3.49. The number of amides is 1. The van der Waals surface area contributed by atoms with Crippen LogP contribution in [0.3, 0.4) is 0 Å². The van der Waals surface area contributed by atoms with E-state index in [2.05, 4.69) is 17.5 Å². The van der Waals surface area contributed by atoms with E-state index in [0.717, 1.165) is 46.7 Å². The monoisotopic (exact) mass is 388 g/mol. The van der Waals surface area contributed by atoms with Crippen molar-refractivity contribution in [2.45, 2.75) is 53.4 Å². The van der Waals surface area contributed by atoms with Crippen molar-refractivity contribution in [3.63, 3.8) is 0 Å². The van der Waals surface area contributed by atoms with E-state index < -0.39 is 5.41 Å². The zero-order valence-electron chi connectivity index (χ0n) is 17.6. The number of allylic oxidation sites excluding steroid dienone is 2. The van der Waals surface area contributed by atoms with Crippen LogP contribution in [0.15, 0.2) is 42.6 Å². The summed E-state index contributed by atoms with van der Waals surface area (Å²) in [5.41, 5.74) is 6.39. The lowest BCUT2D eigenvalue weighted by molar-refractivity contribution is -0.123. The number of rotatable bonds is 3. The molecule has 5 nitrogen and oxygen atoms in total. The number of anilines is 1. The number of aryl methyl sites for hydroxylation is 1. The average molecular weight is 389 g/mol. The molecular weight excluding hydrogens is 360 g/mol. The number of hydrogen-bond acceptors (Lipinski definition) is 3. The van der Waals surface area contributed by atoms with Crippen LogP contribution in [0, 0.1) is 12.3 Å². The Hall–Kier alpha value is -2.95. The number of hydrogen-bond donors (Lipinski definition) is 1. The first-order valence-corrected chi connectivity index (χ1v) is 10.3. The van der Waals surface area contributed by atoms with E-state index >= 15 is 0 Å². The molecule has 2 aromatic heterocycles. The maximum atomic E-state index is 12.4. The molecule has 0 unspecified atom stereocenters. The van der Waals surface area contributed by atoms with E-state index in [9.17, 15) is 4.79 Å². The number of benzene rings is 1. The summed E-state index contributed by atoms with van der Waals surface area (Å²) in [4.78, 5) is 17.2. The number of imidazole rings is 1. The third kappa shape index (κ3) is 4.09. The summed E-state index contributed by atoms with van der Waals surface area (Å²) in [6.07, 6.45) is 8.99. The van der Waals surface area contributed by atoms with Crippen molar-refractivity contribution in [2.24, 2.45) is 5.41 Å². The first-order chi connectivity index (χ1) is 13.8. The largest absolute Gasteiger partial charge is 0.325 e. The van der Waals surface area contributed by atoms with Gasteiger partial charge in [-0.1, -0.05) is 39.0 Å². The number of aromatic nitrogens is 3. The molecule has 2 heterocycles. The number of nitrogens with one attached hydrogen (secondary N) is 1. The summed E-state index contributed by atoms with van der Waals surface area (Å²) in [7, 11) is 0. The van der Waals surface area contributed by atoms with Crippen molar-refractivity contribution in [3.8, 4) is 11.3 Å². The molecule has 1 aliphatic carbocycles. The van der Waals surface area contributed by atoms with Crippen LogP contribution >= 0.6 is 0 Å². The van der Waals surface area contributed by atoms with Gasteiger partial charge in [0.05, 0.1) is 17.6 Å². The summed E-state index contributed by atoms with van der Waals surface area (Å²) in [6, 6.07) is 10.1. The van der Waals surface area contributed by atoms with E-state index in [0.29, 0.717) is 0 Å². The van der Waals surface area contributed by atoms with Crippen LogP contribution in [0.25, 0.3) is 22.5 Å². The summed E-state index contributed by atoms with van der Waals surface area (Å²) in [5, 5.41) is 7.83. The highest BCUT2D eigenvalue weighted by atomic mass is 16.2.